The van der Waals surface area contributed by atoms with Gasteiger partial charge in [0, 0.05) is 11.3 Å². The predicted molar refractivity (Wildman–Crippen MR) is 94.6 cm³/mol. The molecule has 9 heteroatoms. The molecule has 0 aromatic heterocycles. The van der Waals surface area contributed by atoms with Gasteiger partial charge >= 0.3 is 5.97 Å². The van der Waals surface area contributed by atoms with E-state index in [1.54, 1.807) is 24.3 Å². The standard InChI is InChI=1S/C17H18N2O6S/c1-24-14-7-3-12(4-8-14)17(21)19-13-5-9-15(10-6-13)26(22,23)18-11-16(20)25-2/h3-10,18H,11H2,1-2H3,(H,19,21). The van der Waals surface area contributed by atoms with Crippen LogP contribution in [0.5, 0.6) is 5.75 Å². The Hall–Kier alpha value is -2.91. The quantitative estimate of drug-likeness (QED) is 0.705. The monoisotopic (exact) mass is 378 g/mol. The molecule has 0 unspecified atom stereocenters. The highest BCUT2D eigenvalue weighted by molar-refractivity contribution is 7.89. The van der Waals surface area contributed by atoms with Gasteiger partial charge in [0.1, 0.15) is 12.3 Å². The van der Waals surface area contributed by atoms with Gasteiger partial charge in [-0.1, -0.05) is 0 Å². The fourth-order valence-electron chi connectivity index (χ4n) is 1.97. The van der Waals surface area contributed by atoms with E-state index in [0.717, 1.165) is 7.11 Å². The molecular formula is C17H18N2O6S. The molecule has 2 aromatic rings. The second kappa shape index (κ2) is 8.45. The van der Waals surface area contributed by atoms with Crippen LogP contribution in [0, 0.1) is 0 Å². The van der Waals surface area contributed by atoms with Gasteiger partial charge in [0.15, 0.2) is 0 Å². The number of sulfonamides is 1. The molecule has 0 aliphatic carbocycles. The van der Waals surface area contributed by atoms with Gasteiger partial charge < -0.3 is 14.8 Å². The summed E-state index contributed by atoms with van der Waals surface area (Å²) >= 11 is 0. The van der Waals surface area contributed by atoms with Crippen LogP contribution in [-0.2, 0) is 19.6 Å². The number of methoxy groups -OCH3 is 2. The van der Waals surface area contributed by atoms with Crippen LogP contribution in [0.25, 0.3) is 0 Å². The van der Waals surface area contributed by atoms with Gasteiger partial charge in [0.2, 0.25) is 10.0 Å². The van der Waals surface area contributed by atoms with Gasteiger partial charge in [-0.2, -0.15) is 4.72 Å². The molecule has 0 saturated carbocycles. The molecule has 0 saturated heterocycles. The predicted octanol–water partition coefficient (Wildman–Crippen LogP) is 1.40. The van der Waals surface area contributed by atoms with Crippen molar-refractivity contribution in [2.45, 2.75) is 4.90 Å². The Kier molecular flexibility index (Phi) is 6.31. The first kappa shape index (κ1) is 19.4. The number of rotatable bonds is 7. The Morgan fingerprint density at radius 1 is 0.962 bits per heavy atom. The average molecular weight is 378 g/mol. The van der Waals surface area contributed by atoms with E-state index in [1.165, 1.54) is 31.4 Å². The molecular weight excluding hydrogens is 360 g/mol. The molecule has 2 aromatic carbocycles. The molecule has 2 N–H and O–H groups in total. The van der Waals surface area contributed by atoms with Crippen molar-refractivity contribution in [2.75, 3.05) is 26.1 Å². The second-order valence-electron chi connectivity index (χ2n) is 5.11. The number of hydrogen-bond acceptors (Lipinski definition) is 6. The molecule has 0 spiro atoms. The summed E-state index contributed by atoms with van der Waals surface area (Å²) in [7, 11) is -1.15. The third-order valence-electron chi connectivity index (χ3n) is 3.41. The van der Waals surface area contributed by atoms with Crippen LogP contribution in [0.3, 0.4) is 0 Å². The van der Waals surface area contributed by atoms with Crippen LogP contribution in [0.2, 0.25) is 0 Å². The van der Waals surface area contributed by atoms with Crippen molar-refractivity contribution >= 4 is 27.6 Å². The smallest absolute Gasteiger partial charge is 0.320 e. The number of benzene rings is 2. The van der Waals surface area contributed by atoms with E-state index in [1.807, 2.05) is 0 Å². The van der Waals surface area contributed by atoms with Crippen LogP contribution >= 0.6 is 0 Å². The SMILES string of the molecule is COC(=O)CNS(=O)(=O)c1ccc(NC(=O)c2ccc(OC)cc2)cc1. The number of nitrogens with one attached hydrogen (secondary N) is 2. The van der Waals surface area contributed by atoms with E-state index in [0.29, 0.717) is 17.0 Å². The molecule has 2 rings (SSSR count). The maximum atomic E-state index is 12.2. The third-order valence-corrected chi connectivity index (χ3v) is 4.83. The van der Waals surface area contributed by atoms with Crippen molar-refractivity contribution in [1.29, 1.82) is 0 Å². The molecule has 0 fully saturated rings. The number of hydrogen-bond donors (Lipinski definition) is 2. The van der Waals surface area contributed by atoms with Crippen LogP contribution in [0.1, 0.15) is 10.4 Å². The maximum absolute atomic E-state index is 12.2. The van der Waals surface area contributed by atoms with E-state index in [2.05, 4.69) is 14.8 Å². The first-order valence-corrected chi connectivity index (χ1v) is 8.96. The van der Waals surface area contributed by atoms with Crippen LogP contribution in [0.4, 0.5) is 5.69 Å². The van der Waals surface area contributed by atoms with Crippen molar-refractivity contribution in [3.63, 3.8) is 0 Å². The minimum absolute atomic E-state index is 0.0381. The first-order chi connectivity index (χ1) is 12.4. The molecule has 8 nitrogen and oxygen atoms in total. The summed E-state index contributed by atoms with van der Waals surface area (Å²) in [5, 5.41) is 2.66. The fourth-order valence-corrected chi connectivity index (χ4v) is 2.94. The van der Waals surface area contributed by atoms with Crippen LogP contribution < -0.4 is 14.8 Å². The molecule has 0 heterocycles. The lowest BCUT2D eigenvalue weighted by molar-refractivity contribution is -0.139. The zero-order valence-electron chi connectivity index (χ0n) is 14.2. The Morgan fingerprint density at radius 3 is 2.12 bits per heavy atom. The van der Waals surface area contributed by atoms with Crippen LogP contribution in [0.15, 0.2) is 53.4 Å². The number of carbonyl (C=O) groups is 2. The number of carbonyl (C=O) groups excluding carboxylic acids is 2. The van der Waals surface area contributed by atoms with Crippen molar-refractivity contribution in [3.05, 3.63) is 54.1 Å². The zero-order valence-corrected chi connectivity index (χ0v) is 15.0. The maximum Gasteiger partial charge on any atom is 0.320 e. The van der Waals surface area contributed by atoms with Gasteiger partial charge in [-0.05, 0) is 48.5 Å². The number of ether oxygens (including phenoxy) is 2. The van der Waals surface area contributed by atoms with E-state index in [9.17, 15) is 18.0 Å². The summed E-state index contributed by atoms with van der Waals surface area (Å²) in [6, 6.07) is 12.1. The highest BCUT2D eigenvalue weighted by Gasteiger charge is 2.16. The Labute approximate surface area is 151 Å². The molecule has 0 bridgehead atoms. The van der Waals surface area contributed by atoms with Crippen LogP contribution in [-0.4, -0.2) is 41.1 Å². The van der Waals surface area contributed by atoms with E-state index in [4.69, 9.17) is 4.74 Å². The minimum Gasteiger partial charge on any atom is -0.497 e. The highest BCUT2D eigenvalue weighted by Crippen LogP contribution is 2.16. The molecule has 1 amide bonds. The Bertz CT molecular complexity index is 876. The van der Waals surface area contributed by atoms with Gasteiger partial charge in [0.05, 0.1) is 19.1 Å². The second-order valence-corrected chi connectivity index (χ2v) is 6.87. The third kappa shape index (κ3) is 5.04. The fraction of sp³-hybridized carbons (Fsp3) is 0.176. The number of anilines is 1. The van der Waals surface area contributed by atoms with Gasteiger partial charge in [-0.15, -0.1) is 0 Å². The van der Waals surface area contributed by atoms with Gasteiger partial charge in [-0.25, -0.2) is 8.42 Å². The molecule has 138 valence electrons. The largest absolute Gasteiger partial charge is 0.497 e. The minimum atomic E-state index is -3.85. The van der Waals surface area contributed by atoms with E-state index in [-0.39, 0.29) is 10.8 Å². The summed E-state index contributed by atoms with van der Waals surface area (Å²) in [4.78, 5) is 23.2. The lowest BCUT2D eigenvalue weighted by Crippen LogP contribution is -2.30. The number of esters is 1. The molecule has 0 aliphatic heterocycles. The first-order valence-electron chi connectivity index (χ1n) is 7.47. The molecule has 0 aliphatic rings. The Balaban J connectivity index is 2.04. The summed E-state index contributed by atoms with van der Waals surface area (Å²) in [5.41, 5.74) is 0.861. The van der Waals surface area contributed by atoms with Gasteiger partial charge in [0.25, 0.3) is 5.91 Å². The summed E-state index contributed by atoms with van der Waals surface area (Å²) in [5.74, 6) is -0.403. The summed E-state index contributed by atoms with van der Waals surface area (Å²) < 4.78 is 35.6. The Morgan fingerprint density at radius 2 is 1.58 bits per heavy atom. The molecule has 0 radical (unpaired) electrons. The molecule has 26 heavy (non-hydrogen) atoms. The normalized spacial score (nSPS) is 10.8. The van der Waals surface area contributed by atoms with Crippen molar-refractivity contribution in [1.82, 2.24) is 4.72 Å². The zero-order chi connectivity index (χ0) is 19.2. The van der Waals surface area contributed by atoms with E-state index >= 15 is 0 Å². The van der Waals surface area contributed by atoms with Gasteiger partial charge in [-0.3, -0.25) is 9.59 Å². The summed E-state index contributed by atoms with van der Waals surface area (Å²) in [6.07, 6.45) is 0. The highest BCUT2D eigenvalue weighted by atomic mass is 32.2. The lowest BCUT2D eigenvalue weighted by atomic mass is 10.2. The lowest BCUT2D eigenvalue weighted by Gasteiger charge is -2.08. The van der Waals surface area contributed by atoms with Crippen molar-refractivity contribution in [2.24, 2.45) is 0 Å². The average Bonchev–Trinajstić information content (AvgIpc) is 2.66. The van der Waals surface area contributed by atoms with Crippen molar-refractivity contribution in [3.8, 4) is 5.75 Å². The topological polar surface area (TPSA) is 111 Å². The van der Waals surface area contributed by atoms with E-state index < -0.39 is 22.5 Å². The summed E-state index contributed by atoms with van der Waals surface area (Å²) in [6.45, 7) is -0.464. The molecule has 0 atom stereocenters. The number of amides is 1. The van der Waals surface area contributed by atoms with Crippen molar-refractivity contribution < 1.29 is 27.5 Å².